The van der Waals surface area contributed by atoms with Gasteiger partial charge in [-0.3, -0.25) is 4.98 Å². The van der Waals surface area contributed by atoms with Crippen LogP contribution in [0.4, 0.5) is 10.5 Å². The van der Waals surface area contributed by atoms with Gasteiger partial charge in [-0.25, -0.2) is 4.79 Å². The molecule has 0 saturated carbocycles. The number of nitrogens with zero attached hydrogens (tertiary/aromatic N) is 1. The minimum atomic E-state index is -0.449. The van der Waals surface area contributed by atoms with Crippen molar-refractivity contribution in [2.75, 3.05) is 18.4 Å². The van der Waals surface area contributed by atoms with Gasteiger partial charge in [-0.1, -0.05) is 0 Å². The largest absolute Gasteiger partial charge is 0.444 e. The third-order valence-corrected chi connectivity index (χ3v) is 2.34. The molecule has 1 heterocycles. The van der Waals surface area contributed by atoms with Gasteiger partial charge in [0.1, 0.15) is 5.60 Å². The van der Waals surface area contributed by atoms with Gasteiger partial charge in [-0.2, -0.15) is 0 Å². The number of rotatable bonds is 5. The van der Waals surface area contributed by atoms with Gasteiger partial charge in [0, 0.05) is 19.3 Å². The van der Waals surface area contributed by atoms with Gasteiger partial charge in [-0.15, -0.1) is 0 Å². The third-order valence-electron chi connectivity index (χ3n) is 2.34. The highest BCUT2D eigenvalue weighted by molar-refractivity contribution is 5.67. The van der Waals surface area contributed by atoms with E-state index in [-0.39, 0.29) is 6.09 Å². The Bertz CT molecular complexity index is 413. The number of nitrogens with one attached hydrogen (secondary N) is 2. The van der Waals surface area contributed by atoms with Crippen LogP contribution in [0.25, 0.3) is 0 Å². The van der Waals surface area contributed by atoms with Gasteiger partial charge >= 0.3 is 6.09 Å². The standard InChI is InChI=1S/C14H23N3O2/c1-11-12(7-5-8-15-11)16-9-6-10-17-13(18)19-14(2,3)4/h5,7-8,16H,6,9-10H2,1-4H3,(H,17,18). The molecule has 1 aromatic rings. The lowest BCUT2D eigenvalue weighted by Gasteiger charge is -2.19. The zero-order valence-corrected chi connectivity index (χ0v) is 12.1. The molecule has 0 aliphatic carbocycles. The highest BCUT2D eigenvalue weighted by Gasteiger charge is 2.15. The number of carbonyl (C=O) groups is 1. The minimum Gasteiger partial charge on any atom is -0.444 e. The number of aromatic nitrogens is 1. The van der Waals surface area contributed by atoms with Crippen LogP contribution in [0.3, 0.4) is 0 Å². The maximum absolute atomic E-state index is 11.4. The number of pyridine rings is 1. The van der Waals surface area contributed by atoms with Crippen LogP contribution in [0.5, 0.6) is 0 Å². The van der Waals surface area contributed by atoms with Gasteiger partial charge in [0.05, 0.1) is 11.4 Å². The molecule has 0 unspecified atom stereocenters. The van der Waals surface area contributed by atoms with Crippen molar-refractivity contribution in [3.8, 4) is 0 Å². The van der Waals surface area contributed by atoms with Crippen molar-refractivity contribution in [1.29, 1.82) is 0 Å². The van der Waals surface area contributed by atoms with E-state index in [1.54, 1.807) is 6.20 Å². The number of ether oxygens (including phenoxy) is 1. The molecule has 0 bridgehead atoms. The average Bonchev–Trinajstić information content (AvgIpc) is 2.28. The maximum atomic E-state index is 11.4. The Morgan fingerprint density at radius 1 is 1.37 bits per heavy atom. The number of hydrogen-bond acceptors (Lipinski definition) is 4. The van der Waals surface area contributed by atoms with E-state index < -0.39 is 5.60 Å². The number of anilines is 1. The lowest BCUT2D eigenvalue weighted by Crippen LogP contribution is -2.33. The predicted octanol–water partition coefficient (Wildman–Crippen LogP) is 2.72. The topological polar surface area (TPSA) is 63.2 Å². The van der Waals surface area contributed by atoms with Crippen LogP contribution in [0, 0.1) is 6.92 Å². The molecule has 0 atom stereocenters. The Morgan fingerprint density at radius 3 is 2.74 bits per heavy atom. The molecule has 0 radical (unpaired) electrons. The lowest BCUT2D eigenvalue weighted by atomic mass is 10.2. The number of carbonyl (C=O) groups excluding carboxylic acids is 1. The molecule has 5 nitrogen and oxygen atoms in total. The second kappa shape index (κ2) is 6.97. The summed E-state index contributed by atoms with van der Waals surface area (Å²) in [6, 6.07) is 3.89. The van der Waals surface area contributed by atoms with Crippen molar-refractivity contribution in [2.24, 2.45) is 0 Å². The Morgan fingerprint density at radius 2 is 2.11 bits per heavy atom. The van der Waals surface area contributed by atoms with Crippen molar-refractivity contribution < 1.29 is 9.53 Å². The highest BCUT2D eigenvalue weighted by atomic mass is 16.6. The van der Waals surface area contributed by atoms with Crippen LogP contribution >= 0.6 is 0 Å². The van der Waals surface area contributed by atoms with E-state index in [0.29, 0.717) is 6.54 Å². The molecule has 1 amide bonds. The molecular weight excluding hydrogens is 242 g/mol. The van der Waals surface area contributed by atoms with E-state index >= 15 is 0 Å². The quantitative estimate of drug-likeness (QED) is 0.803. The highest BCUT2D eigenvalue weighted by Crippen LogP contribution is 2.09. The van der Waals surface area contributed by atoms with Gasteiger partial charge in [0.25, 0.3) is 0 Å². The van der Waals surface area contributed by atoms with E-state index in [1.165, 1.54) is 0 Å². The van der Waals surface area contributed by atoms with Crippen LogP contribution in [-0.2, 0) is 4.74 Å². The first-order valence-electron chi connectivity index (χ1n) is 6.51. The molecule has 2 N–H and O–H groups in total. The molecular formula is C14H23N3O2. The summed E-state index contributed by atoms with van der Waals surface area (Å²) in [5.74, 6) is 0. The normalized spacial score (nSPS) is 10.9. The Hall–Kier alpha value is -1.78. The zero-order chi connectivity index (χ0) is 14.3. The van der Waals surface area contributed by atoms with Crippen molar-refractivity contribution >= 4 is 11.8 Å². The lowest BCUT2D eigenvalue weighted by molar-refractivity contribution is 0.0528. The Balaban J connectivity index is 2.15. The summed E-state index contributed by atoms with van der Waals surface area (Å²) >= 11 is 0. The number of aryl methyl sites for hydroxylation is 1. The zero-order valence-electron chi connectivity index (χ0n) is 12.1. The maximum Gasteiger partial charge on any atom is 0.407 e. The molecule has 106 valence electrons. The molecule has 5 heteroatoms. The molecule has 1 aromatic heterocycles. The van der Waals surface area contributed by atoms with Crippen LogP contribution in [-0.4, -0.2) is 29.8 Å². The van der Waals surface area contributed by atoms with Crippen LogP contribution in [0.1, 0.15) is 32.9 Å². The summed E-state index contributed by atoms with van der Waals surface area (Å²) in [5, 5.41) is 6.00. The van der Waals surface area contributed by atoms with Gasteiger partial charge in [0.2, 0.25) is 0 Å². The Labute approximate surface area is 114 Å². The predicted molar refractivity (Wildman–Crippen MR) is 76.3 cm³/mol. The number of amides is 1. The Kier molecular flexibility index (Phi) is 5.60. The van der Waals surface area contributed by atoms with Gasteiger partial charge in [0.15, 0.2) is 0 Å². The fourth-order valence-electron chi connectivity index (χ4n) is 1.49. The average molecular weight is 265 g/mol. The van der Waals surface area contributed by atoms with E-state index in [1.807, 2.05) is 39.8 Å². The molecule has 0 fully saturated rings. The monoisotopic (exact) mass is 265 g/mol. The first-order valence-corrected chi connectivity index (χ1v) is 6.51. The fraction of sp³-hybridized carbons (Fsp3) is 0.571. The van der Waals surface area contributed by atoms with Crippen molar-refractivity contribution in [2.45, 2.75) is 39.7 Å². The molecule has 0 spiro atoms. The second-order valence-electron chi connectivity index (χ2n) is 5.35. The van der Waals surface area contributed by atoms with E-state index in [2.05, 4.69) is 15.6 Å². The molecule has 0 aliphatic heterocycles. The van der Waals surface area contributed by atoms with E-state index in [0.717, 1.165) is 24.3 Å². The third kappa shape index (κ3) is 6.64. The molecule has 0 aliphatic rings. The van der Waals surface area contributed by atoms with Crippen molar-refractivity contribution in [1.82, 2.24) is 10.3 Å². The fourth-order valence-corrected chi connectivity index (χ4v) is 1.49. The van der Waals surface area contributed by atoms with Gasteiger partial charge in [-0.05, 0) is 46.2 Å². The first-order chi connectivity index (χ1) is 8.88. The smallest absolute Gasteiger partial charge is 0.407 e. The number of alkyl carbamates (subject to hydrolysis) is 1. The molecule has 0 saturated heterocycles. The summed E-state index contributed by atoms with van der Waals surface area (Å²) in [7, 11) is 0. The summed E-state index contributed by atoms with van der Waals surface area (Å²) in [6.45, 7) is 8.86. The minimum absolute atomic E-state index is 0.370. The molecule has 19 heavy (non-hydrogen) atoms. The van der Waals surface area contributed by atoms with Crippen LogP contribution in [0.15, 0.2) is 18.3 Å². The van der Waals surface area contributed by atoms with Gasteiger partial charge < -0.3 is 15.4 Å². The van der Waals surface area contributed by atoms with Crippen LogP contribution < -0.4 is 10.6 Å². The number of hydrogen-bond donors (Lipinski definition) is 2. The SMILES string of the molecule is Cc1ncccc1NCCCNC(=O)OC(C)(C)C. The summed E-state index contributed by atoms with van der Waals surface area (Å²) in [4.78, 5) is 15.6. The summed E-state index contributed by atoms with van der Waals surface area (Å²) in [6.07, 6.45) is 2.23. The van der Waals surface area contributed by atoms with Crippen molar-refractivity contribution in [3.05, 3.63) is 24.0 Å². The summed E-state index contributed by atoms with van der Waals surface area (Å²) < 4.78 is 5.14. The van der Waals surface area contributed by atoms with Crippen molar-refractivity contribution in [3.63, 3.8) is 0 Å². The first kappa shape index (κ1) is 15.3. The summed E-state index contributed by atoms with van der Waals surface area (Å²) in [5.41, 5.74) is 1.55. The molecule has 1 rings (SSSR count). The van der Waals surface area contributed by atoms with E-state index in [9.17, 15) is 4.79 Å². The molecule has 0 aromatic carbocycles. The van der Waals surface area contributed by atoms with Crippen LogP contribution in [0.2, 0.25) is 0 Å². The van der Waals surface area contributed by atoms with E-state index in [4.69, 9.17) is 4.74 Å². The second-order valence-corrected chi connectivity index (χ2v) is 5.35.